The number of hydrogen-bond acceptors (Lipinski definition) is 4. The van der Waals surface area contributed by atoms with Gasteiger partial charge in [0.15, 0.2) is 0 Å². The monoisotopic (exact) mass is 418 g/mol. The van der Waals surface area contributed by atoms with E-state index in [1.807, 2.05) is 20.8 Å². The molecule has 4 saturated carbocycles. The van der Waals surface area contributed by atoms with Crippen LogP contribution in [0.3, 0.4) is 0 Å². The van der Waals surface area contributed by atoms with Crippen molar-refractivity contribution in [2.24, 2.45) is 34.5 Å². The summed E-state index contributed by atoms with van der Waals surface area (Å²) in [4.78, 5) is 25.2. The van der Waals surface area contributed by atoms with Gasteiger partial charge in [-0.25, -0.2) is 0 Å². The van der Waals surface area contributed by atoms with Crippen LogP contribution in [0.25, 0.3) is 0 Å². The van der Waals surface area contributed by atoms with Gasteiger partial charge in [0.2, 0.25) is 0 Å². The Hall–Kier alpha value is -1.32. The summed E-state index contributed by atoms with van der Waals surface area (Å²) in [5.41, 5.74) is -0.156. The van der Waals surface area contributed by atoms with Crippen molar-refractivity contribution in [1.82, 2.24) is 0 Å². The molecule has 0 radical (unpaired) electrons. The second-order valence-corrected chi connectivity index (χ2v) is 11.0. The molecule has 0 aromatic carbocycles. The molecule has 0 aromatic rings. The van der Waals surface area contributed by atoms with Gasteiger partial charge < -0.3 is 9.47 Å². The lowest BCUT2D eigenvalue weighted by Crippen LogP contribution is -2.62. The summed E-state index contributed by atoms with van der Waals surface area (Å²) < 4.78 is 11.7. The molecule has 4 aliphatic rings. The topological polar surface area (TPSA) is 52.6 Å². The summed E-state index contributed by atoms with van der Waals surface area (Å²) in [6.07, 6.45) is 11.4. The predicted molar refractivity (Wildman–Crippen MR) is 119 cm³/mol. The highest BCUT2D eigenvalue weighted by atomic mass is 16.6. The number of carbonyl (C=O) groups excluding carboxylic acids is 2. The van der Waals surface area contributed by atoms with Gasteiger partial charge in [-0.1, -0.05) is 47.3 Å². The van der Waals surface area contributed by atoms with Crippen molar-refractivity contribution in [1.29, 1.82) is 0 Å². The Balaban J connectivity index is 1.88. The van der Waals surface area contributed by atoms with E-state index >= 15 is 0 Å². The third kappa shape index (κ3) is 4.08. The van der Waals surface area contributed by atoms with Crippen LogP contribution in [0.4, 0.5) is 0 Å². The van der Waals surface area contributed by atoms with Gasteiger partial charge >= 0.3 is 11.9 Å². The van der Waals surface area contributed by atoms with Crippen molar-refractivity contribution in [2.75, 3.05) is 6.61 Å². The van der Waals surface area contributed by atoms with Crippen molar-refractivity contribution < 1.29 is 19.1 Å². The molecule has 4 rings (SSSR count). The van der Waals surface area contributed by atoms with Gasteiger partial charge in [0.05, 0.1) is 11.8 Å². The maximum absolute atomic E-state index is 12.7. The van der Waals surface area contributed by atoms with Crippen LogP contribution in [0, 0.1) is 34.5 Å². The zero-order valence-corrected chi connectivity index (χ0v) is 19.8. The molecule has 3 atom stereocenters. The van der Waals surface area contributed by atoms with Crippen LogP contribution in [-0.4, -0.2) is 24.1 Å². The minimum Gasteiger partial charge on any atom is -0.461 e. The molecule has 0 saturated heterocycles. The SMILES string of the molecule is C=CCOC(=O)C(C)CC12CC3CC(C1)CC(C(CC)(CC)OC(=O)C(C)C)(C3)C2. The number of esters is 2. The molecule has 30 heavy (non-hydrogen) atoms. The first kappa shape index (κ1) is 23.3. The highest BCUT2D eigenvalue weighted by molar-refractivity contribution is 5.72. The largest absolute Gasteiger partial charge is 0.461 e. The molecule has 0 N–H and O–H groups in total. The molecule has 0 spiro atoms. The maximum atomic E-state index is 12.7. The molecule has 4 aliphatic carbocycles. The molecule has 170 valence electrons. The lowest BCUT2D eigenvalue weighted by Gasteiger charge is -2.67. The summed E-state index contributed by atoms with van der Waals surface area (Å²) in [5, 5.41) is 0. The first-order chi connectivity index (χ1) is 14.1. The highest BCUT2D eigenvalue weighted by Gasteiger charge is 2.65. The smallest absolute Gasteiger partial charge is 0.308 e. The van der Waals surface area contributed by atoms with Crippen molar-refractivity contribution >= 4 is 11.9 Å². The molecule has 3 unspecified atom stereocenters. The molecule has 4 bridgehead atoms. The number of rotatable bonds is 10. The third-order valence-corrected chi connectivity index (χ3v) is 8.54. The third-order valence-electron chi connectivity index (χ3n) is 8.54. The van der Waals surface area contributed by atoms with Crippen molar-refractivity contribution in [3.8, 4) is 0 Å². The fourth-order valence-corrected chi connectivity index (χ4v) is 7.80. The lowest BCUT2D eigenvalue weighted by atomic mass is 9.39. The Bertz CT molecular complexity index is 646. The van der Waals surface area contributed by atoms with Crippen molar-refractivity contribution in [3.05, 3.63) is 12.7 Å². The van der Waals surface area contributed by atoms with Gasteiger partial charge in [0.25, 0.3) is 0 Å². The molecule has 0 aliphatic heterocycles. The normalized spacial score (nSPS) is 33.4. The van der Waals surface area contributed by atoms with E-state index < -0.39 is 0 Å². The molecule has 0 heterocycles. The van der Waals surface area contributed by atoms with Crippen LogP contribution < -0.4 is 0 Å². The van der Waals surface area contributed by atoms with E-state index in [0.29, 0.717) is 11.8 Å². The fraction of sp³-hybridized carbons (Fsp3) is 0.846. The molecule has 4 nitrogen and oxygen atoms in total. The lowest BCUT2D eigenvalue weighted by molar-refractivity contribution is -0.231. The molecule has 0 amide bonds. The van der Waals surface area contributed by atoms with E-state index in [4.69, 9.17) is 9.47 Å². The van der Waals surface area contributed by atoms with Crippen LogP contribution in [0.15, 0.2) is 12.7 Å². The Morgan fingerprint density at radius 3 is 2.17 bits per heavy atom. The van der Waals surface area contributed by atoms with Gasteiger partial charge in [0.1, 0.15) is 12.2 Å². The Morgan fingerprint density at radius 1 is 1.07 bits per heavy atom. The Kier molecular flexibility index (Phi) is 6.74. The first-order valence-corrected chi connectivity index (χ1v) is 12.1. The van der Waals surface area contributed by atoms with Gasteiger partial charge in [-0.05, 0) is 75.0 Å². The number of carbonyl (C=O) groups is 2. The Labute approximate surface area is 183 Å². The fourth-order valence-electron chi connectivity index (χ4n) is 7.80. The summed E-state index contributed by atoms with van der Waals surface area (Å²) in [7, 11) is 0. The predicted octanol–water partition coefficient (Wildman–Crippen LogP) is 6.09. The van der Waals surface area contributed by atoms with Gasteiger partial charge in [-0.2, -0.15) is 0 Å². The van der Waals surface area contributed by atoms with Gasteiger partial charge in [-0.3, -0.25) is 9.59 Å². The quantitative estimate of drug-likeness (QED) is 0.318. The van der Waals surface area contributed by atoms with Gasteiger partial charge in [0, 0.05) is 5.41 Å². The summed E-state index contributed by atoms with van der Waals surface area (Å²) >= 11 is 0. The van der Waals surface area contributed by atoms with Crippen LogP contribution in [0.5, 0.6) is 0 Å². The average molecular weight is 419 g/mol. The summed E-state index contributed by atoms with van der Waals surface area (Å²) in [6, 6.07) is 0. The zero-order chi connectivity index (χ0) is 22.2. The van der Waals surface area contributed by atoms with E-state index in [9.17, 15) is 9.59 Å². The Morgan fingerprint density at radius 2 is 1.67 bits per heavy atom. The molecular weight excluding hydrogens is 376 g/mol. The number of ether oxygens (including phenoxy) is 2. The maximum Gasteiger partial charge on any atom is 0.308 e. The minimum absolute atomic E-state index is 0.0515. The van der Waals surface area contributed by atoms with E-state index in [1.165, 1.54) is 32.1 Å². The number of hydrogen-bond donors (Lipinski definition) is 0. The zero-order valence-electron chi connectivity index (χ0n) is 19.8. The van der Waals surface area contributed by atoms with E-state index in [2.05, 4.69) is 20.4 Å². The van der Waals surface area contributed by atoms with E-state index in [-0.39, 0.29) is 46.8 Å². The summed E-state index contributed by atoms with van der Waals surface area (Å²) in [5.74, 6) is 1.00. The minimum atomic E-state index is -0.385. The standard InChI is InChI=1S/C26H42O4/c1-7-10-29-23(28)19(6)12-24-13-20-11-21(14-24)16-25(15-20,17-24)26(8-2,9-3)30-22(27)18(4)5/h7,18-21H,1,8-17H2,2-6H3. The molecule has 4 heteroatoms. The van der Waals surface area contributed by atoms with E-state index in [0.717, 1.165) is 25.7 Å². The van der Waals surface area contributed by atoms with Gasteiger partial charge in [-0.15, -0.1) is 0 Å². The molecular formula is C26H42O4. The first-order valence-electron chi connectivity index (χ1n) is 12.1. The average Bonchev–Trinajstić information content (AvgIpc) is 2.68. The van der Waals surface area contributed by atoms with Crippen LogP contribution in [0.2, 0.25) is 0 Å². The molecule has 4 fully saturated rings. The van der Waals surface area contributed by atoms with Crippen LogP contribution in [-0.2, 0) is 19.1 Å². The second kappa shape index (κ2) is 8.67. The second-order valence-electron chi connectivity index (χ2n) is 11.0. The van der Waals surface area contributed by atoms with Crippen molar-refractivity contribution in [3.63, 3.8) is 0 Å². The van der Waals surface area contributed by atoms with Crippen LogP contribution >= 0.6 is 0 Å². The highest BCUT2D eigenvalue weighted by Crippen LogP contribution is 2.71. The summed E-state index contributed by atoms with van der Waals surface area (Å²) in [6.45, 7) is 14.2. The molecule has 0 aromatic heterocycles. The van der Waals surface area contributed by atoms with Crippen molar-refractivity contribution in [2.45, 2.75) is 98.0 Å². The van der Waals surface area contributed by atoms with Crippen LogP contribution in [0.1, 0.15) is 92.4 Å². The van der Waals surface area contributed by atoms with E-state index in [1.54, 1.807) is 6.08 Å².